The number of aryl methyl sites for hydroxylation is 1. The average Bonchev–Trinajstić information content (AvgIpc) is 3.20. The Kier molecular flexibility index (Phi) is 5.76. The molecule has 0 fully saturated rings. The van der Waals surface area contributed by atoms with E-state index in [1.165, 1.54) is 6.33 Å². The van der Waals surface area contributed by atoms with Crippen LogP contribution in [0.4, 0.5) is 0 Å². The number of aromatic nitrogens is 3. The molecule has 1 heterocycles. The Balaban J connectivity index is 1.83. The second kappa shape index (κ2) is 8.40. The maximum Gasteiger partial charge on any atom is 0.254 e. The number of carbonyl (C=O) groups excluding carboxylic acids is 1. The molecule has 1 amide bonds. The monoisotopic (exact) mass is 349 g/mol. The SMILES string of the molecule is Cc1cc(-n2cncn2)ccc1C(=O)N(CCCN)Cc1ccccc1. The molecule has 0 spiro atoms. The fourth-order valence-corrected chi connectivity index (χ4v) is 2.88. The van der Waals surface area contributed by atoms with E-state index in [0.29, 0.717) is 25.2 Å². The Bertz CT molecular complexity index is 846. The van der Waals surface area contributed by atoms with E-state index in [4.69, 9.17) is 5.73 Å². The van der Waals surface area contributed by atoms with Crippen LogP contribution >= 0.6 is 0 Å². The summed E-state index contributed by atoms with van der Waals surface area (Å²) in [5.74, 6) is 0.0185. The maximum absolute atomic E-state index is 13.1. The van der Waals surface area contributed by atoms with Crippen LogP contribution < -0.4 is 5.73 Å². The molecular formula is C20H23N5O. The van der Waals surface area contributed by atoms with Crippen LogP contribution in [0, 0.1) is 6.92 Å². The zero-order chi connectivity index (χ0) is 18.4. The highest BCUT2D eigenvalue weighted by Gasteiger charge is 2.18. The zero-order valence-electron chi connectivity index (χ0n) is 14.9. The summed E-state index contributed by atoms with van der Waals surface area (Å²) in [7, 11) is 0. The van der Waals surface area contributed by atoms with E-state index in [0.717, 1.165) is 23.2 Å². The topological polar surface area (TPSA) is 77.0 Å². The van der Waals surface area contributed by atoms with E-state index in [1.807, 2.05) is 60.4 Å². The van der Waals surface area contributed by atoms with Gasteiger partial charge in [-0.05, 0) is 49.2 Å². The minimum Gasteiger partial charge on any atom is -0.334 e. The molecule has 1 aromatic heterocycles. The molecule has 6 heteroatoms. The van der Waals surface area contributed by atoms with Gasteiger partial charge in [-0.25, -0.2) is 9.67 Å². The van der Waals surface area contributed by atoms with Crippen molar-refractivity contribution in [1.29, 1.82) is 0 Å². The summed E-state index contributed by atoms with van der Waals surface area (Å²) in [6, 6.07) is 15.7. The van der Waals surface area contributed by atoms with Crippen molar-refractivity contribution in [2.75, 3.05) is 13.1 Å². The summed E-state index contributed by atoms with van der Waals surface area (Å²) >= 11 is 0. The first kappa shape index (κ1) is 17.8. The average molecular weight is 349 g/mol. The number of amides is 1. The van der Waals surface area contributed by atoms with Crippen LogP contribution in [0.1, 0.15) is 27.9 Å². The molecule has 0 atom stereocenters. The zero-order valence-corrected chi connectivity index (χ0v) is 14.9. The first-order valence-electron chi connectivity index (χ1n) is 8.68. The molecule has 26 heavy (non-hydrogen) atoms. The Morgan fingerprint density at radius 1 is 1.19 bits per heavy atom. The van der Waals surface area contributed by atoms with Gasteiger partial charge >= 0.3 is 0 Å². The van der Waals surface area contributed by atoms with Crippen molar-refractivity contribution in [2.24, 2.45) is 5.73 Å². The van der Waals surface area contributed by atoms with Gasteiger partial charge in [0, 0.05) is 18.7 Å². The fraction of sp³-hybridized carbons (Fsp3) is 0.250. The van der Waals surface area contributed by atoms with Crippen molar-refractivity contribution in [1.82, 2.24) is 19.7 Å². The van der Waals surface area contributed by atoms with Gasteiger partial charge in [0.15, 0.2) is 0 Å². The highest BCUT2D eigenvalue weighted by Crippen LogP contribution is 2.17. The van der Waals surface area contributed by atoms with Gasteiger partial charge in [-0.15, -0.1) is 0 Å². The van der Waals surface area contributed by atoms with E-state index in [9.17, 15) is 4.79 Å². The molecular weight excluding hydrogens is 326 g/mol. The van der Waals surface area contributed by atoms with Crippen LogP contribution in [-0.2, 0) is 6.54 Å². The molecule has 3 rings (SSSR count). The van der Waals surface area contributed by atoms with Crippen molar-refractivity contribution in [3.8, 4) is 5.69 Å². The lowest BCUT2D eigenvalue weighted by molar-refractivity contribution is 0.0741. The summed E-state index contributed by atoms with van der Waals surface area (Å²) in [5, 5.41) is 4.13. The third kappa shape index (κ3) is 4.15. The second-order valence-corrected chi connectivity index (χ2v) is 6.19. The Morgan fingerprint density at radius 2 is 2.00 bits per heavy atom. The van der Waals surface area contributed by atoms with E-state index < -0.39 is 0 Å². The molecule has 6 nitrogen and oxygen atoms in total. The lowest BCUT2D eigenvalue weighted by atomic mass is 10.1. The molecule has 0 saturated carbocycles. The van der Waals surface area contributed by atoms with Crippen LogP contribution in [0.2, 0.25) is 0 Å². The third-order valence-electron chi connectivity index (χ3n) is 4.26. The van der Waals surface area contributed by atoms with Crippen molar-refractivity contribution in [2.45, 2.75) is 19.9 Å². The number of hydrogen-bond acceptors (Lipinski definition) is 4. The van der Waals surface area contributed by atoms with Crippen molar-refractivity contribution in [3.63, 3.8) is 0 Å². The van der Waals surface area contributed by atoms with Gasteiger partial charge in [0.1, 0.15) is 12.7 Å². The normalized spacial score (nSPS) is 10.7. The van der Waals surface area contributed by atoms with Gasteiger partial charge in [-0.2, -0.15) is 5.10 Å². The molecule has 134 valence electrons. The van der Waals surface area contributed by atoms with Gasteiger partial charge in [-0.3, -0.25) is 4.79 Å². The number of nitrogens with zero attached hydrogens (tertiary/aromatic N) is 4. The molecule has 0 aliphatic rings. The minimum absolute atomic E-state index is 0.0185. The number of nitrogens with two attached hydrogens (primary N) is 1. The Morgan fingerprint density at radius 3 is 2.65 bits per heavy atom. The molecule has 0 radical (unpaired) electrons. The van der Waals surface area contributed by atoms with Crippen LogP contribution in [0.15, 0.2) is 61.2 Å². The Labute approximate surface area is 153 Å². The molecule has 0 saturated heterocycles. The van der Waals surface area contributed by atoms with E-state index in [2.05, 4.69) is 10.1 Å². The van der Waals surface area contributed by atoms with Crippen LogP contribution in [0.5, 0.6) is 0 Å². The van der Waals surface area contributed by atoms with E-state index >= 15 is 0 Å². The molecule has 2 aromatic carbocycles. The summed E-state index contributed by atoms with van der Waals surface area (Å²) in [4.78, 5) is 18.9. The Hall–Kier alpha value is -2.99. The lowest BCUT2D eigenvalue weighted by Gasteiger charge is -2.24. The van der Waals surface area contributed by atoms with Crippen molar-refractivity contribution >= 4 is 5.91 Å². The maximum atomic E-state index is 13.1. The third-order valence-corrected chi connectivity index (χ3v) is 4.26. The van der Waals surface area contributed by atoms with Crippen LogP contribution in [0.3, 0.4) is 0 Å². The molecule has 3 aromatic rings. The van der Waals surface area contributed by atoms with Gasteiger partial charge in [0.2, 0.25) is 0 Å². The van der Waals surface area contributed by atoms with Gasteiger partial charge in [-0.1, -0.05) is 30.3 Å². The summed E-state index contributed by atoms with van der Waals surface area (Å²) in [5.41, 5.74) is 9.26. The molecule has 0 aliphatic carbocycles. The van der Waals surface area contributed by atoms with Crippen LogP contribution in [-0.4, -0.2) is 38.7 Å². The van der Waals surface area contributed by atoms with Gasteiger partial charge < -0.3 is 10.6 Å². The smallest absolute Gasteiger partial charge is 0.254 e. The minimum atomic E-state index is 0.0185. The van der Waals surface area contributed by atoms with Gasteiger partial charge in [0.05, 0.1) is 5.69 Å². The van der Waals surface area contributed by atoms with Gasteiger partial charge in [0.25, 0.3) is 5.91 Å². The summed E-state index contributed by atoms with van der Waals surface area (Å²) in [6.07, 6.45) is 3.90. The quantitative estimate of drug-likeness (QED) is 0.711. The highest BCUT2D eigenvalue weighted by atomic mass is 16.2. The number of rotatable bonds is 7. The molecule has 2 N–H and O–H groups in total. The molecule has 0 bridgehead atoms. The summed E-state index contributed by atoms with van der Waals surface area (Å²) < 4.78 is 1.68. The number of carbonyl (C=O) groups is 1. The molecule has 0 unspecified atom stereocenters. The summed E-state index contributed by atoms with van der Waals surface area (Å²) in [6.45, 7) is 3.71. The van der Waals surface area contributed by atoms with Crippen LogP contribution in [0.25, 0.3) is 5.69 Å². The predicted molar refractivity (Wildman–Crippen MR) is 101 cm³/mol. The predicted octanol–water partition coefficient (Wildman–Crippen LogP) is 2.57. The highest BCUT2D eigenvalue weighted by molar-refractivity contribution is 5.95. The fourth-order valence-electron chi connectivity index (χ4n) is 2.88. The van der Waals surface area contributed by atoms with E-state index in [-0.39, 0.29) is 5.91 Å². The van der Waals surface area contributed by atoms with Crippen molar-refractivity contribution < 1.29 is 4.79 Å². The standard InChI is InChI=1S/C20H23N5O/c1-16-12-18(25-15-22-14-23-25)8-9-19(16)20(26)24(11-5-10-21)13-17-6-3-2-4-7-17/h2-4,6-9,12,14-15H,5,10-11,13,21H2,1H3. The first-order valence-corrected chi connectivity index (χ1v) is 8.68. The van der Waals surface area contributed by atoms with E-state index in [1.54, 1.807) is 11.0 Å². The second-order valence-electron chi connectivity index (χ2n) is 6.19. The van der Waals surface area contributed by atoms with Crippen molar-refractivity contribution in [3.05, 3.63) is 77.9 Å². The lowest BCUT2D eigenvalue weighted by Crippen LogP contribution is -2.33. The number of benzene rings is 2. The molecule has 0 aliphatic heterocycles. The first-order chi connectivity index (χ1) is 12.7. The number of hydrogen-bond donors (Lipinski definition) is 1. The largest absolute Gasteiger partial charge is 0.334 e.